The Kier molecular flexibility index (Phi) is 4.14. The van der Waals surface area contributed by atoms with E-state index in [9.17, 15) is 9.59 Å². The number of aliphatic carboxylic acids is 1. The minimum Gasteiger partial charge on any atom is -0.480 e. The molecule has 6 heteroatoms. The Hall–Kier alpha value is -2.63. The molecule has 0 aliphatic carbocycles. The van der Waals surface area contributed by atoms with Gasteiger partial charge in [0.2, 0.25) is 0 Å². The fourth-order valence-electron chi connectivity index (χ4n) is 1.86. The van der Waals surface area contributed by atoms with Gasteiger partial charge in [0.15, 0.2) is 0 Å². The third-order valence-electron chi connectivity index (χ3n) is 2.96. The zero-order valence-electron chi connectivity index (χ0n) is 11.0. The van der Waals surface area contributed by atoms with Crippen LogP contribution in [-0.2, 0) is 4.79 Å². The molecule has 0 unspecified atom stereocenters. The van der Waals surface area contributed by atoms with Crippen molar-refractivity contribution in [2.24, 2.45) is 0 Å². The summed E-state index contributed by atoms with van der Waals surface area (Å²) in [5.41, 5.74) is 1.72. The van der Waals surface area contributed by atoms with E-state index in [-0.39, 0.29) is 0 Å². The Morgan fingerprint density at radius 3 is 2.65 bits per heavy atom. The fraction of sp³-hybridized carbons (Fsp3) is 0.214. The molecule has 0 radical (unpaired) electrons. The van der Waals surface area contributed by atoms with E-state index >= 15 is 0 Å². The summed E-state index contributed by atoms with van der Waals surface area (Å²) in [6.07, 6.45) is 1.71. The minimum absolute atomic E-state index is 0.319. The van der Waals surface area contributed by atoms with Crippen molar-refractivity contribution in [3.63, 3.8) is 0 Å². The Balaban J connectivity index is 2.24. The number of hydrogen-bond acceptors (Lipinski definition) is 3. The molecule has 2 aromatic rings. The van der Waals surface area contributed by atoms with Gasteiger partial charge in [0, 0.05) is 5.56 Å². The fourth-order valence-corrected chi connectivity index (χ4v) is 1.86. The highest BCUT2D eigenvalue weighted by atomic mass is 16.4. The monoisotopic (exact) mass is 273 g/mol. The molecule has 6 nitrogen and oxygen atoms in total. The Morgan fingerprint density at radius 1 is 1.35 bits per heavy atom. The van der Waals surface area contributed by atoms with Crippen LogP contribution in [0.2, 0.25) is 0 Å². The smallest absolute Gasteiger partial charge is 0.326 e. The van der Waals surface area contributed by atoms with Crippen molar-refractivity contribution in [2.75, 3.05) is 0 Å². The number of carbonyl (C=O) groups is 2. The molecule has 0 fully saturated rings. The minimum atomic E-state index is -1.05. The highest BCUT2D eigenvalue weighted by molar-refractivity contribution is 6.01. The molecule has 0 spiro atoms. The normalized spacial score (nSPS) is 11.8. The quantitative estimate of drug-likeness (QED) is 0.772. The molecule has 0 aliphatic heterocycles. The SMILES string of the molecule is CC[C@@H](NC(=O)c1cn[nH]c1-c1ccccc1)C(=O)O. The lowest BCUT2D eigenvalue weighted by molar-refractivity contribution is -0.139. The molecule has 1 aromatic carbocycles. The van der Waals surface area contributed by atoms with Crippen LogP contribution < -0.4 is 5.32 Å². The summed E-state index contributed by atoms with van der Waals surface area (Å²) in [5.74, 6) is -1.50. The van der Waals surface area contributed by atoms with E-state index in [2.05, 4.69) is 15.5 Å². The number of rotatable bonds is 5. The first-order chi connectivity index (χ1) is 9.63. The second-order valence-electron chi connectivity index (χ2n) is 4.30. The van der Waals surface area contributed by atoms with E-state index in [0.29, 0.717) is 17.7 Å². The molecule has 1 aromatic heterocycles. The lowest BCUT2D eigenvalue weighted by atomic mass is 10.1. The van der Waals surface area contributed by atoms with Crippen LogP contribution in [0.25, 0.3) is 11.3 Å². The van der Waals surface area contributed by atoms with Gasteiger partial charge in [-0.1, -0.05) is 37.3 Å². The number of H-pyrrole nitrogens is 1. The highest BCUT2D eigenvalue weighted by Crippen LogP contribution is 2.20. The molecule has 1 heterocycles. The zero-order valence-corrected chi connectivity index (χ0v) is 11.0. The van der Waals surface area contributed by atoms with Crippen LogP contribution in [0.3, 0.4) is 0 Å². The molecule has 20 heavy (non-hydrogen) atoms. The molecule has 104 valence electrons. The lowest BCUT2D eigenvalue weighted by Crippen LogP contribution is -2.40. The summed E-state index contributed by atoms with van der Waals surface area (Å²) >= 11 is 0. The molecule has 1 amide bonds. The predicted octanol–water partition coefficient (Wildman–Crippen LogP) is 1.67. The molecule has 3 N–H and O–H groups in total. The van der Waals surface area contributed by atoms with Crippen LogP contribution in [-0.4, -0.2) is 33.2 Å². The van der Waals surface area contributed by atoms with Crippen molar-refractivity contribution in [2.45, 2.75) is 19.4 Å². The van der Waals surface area contributed by atoms with Crippen molar-refractivity contribution < 1.29 is 14.7 Å². The number of nitrogens with zero attached hydrogens (tertiary/aromatic N) is 1. The molecular weight excluding hydrogens is 258 g/mol. The summed E-state index contributed by atoms with van der Waals surface area (Å²) in [5, 5.41) is 18.1. The van der Waals surface area contributed by atoms with Crippen molar-refractivity contribution in [3.8, 4) is 11.3 Å². The van der Waals surface area contributed by atoms with Gasteiger partial charge >= 0.3 is 5.97 Å². The van der Waals surface area contributed by atoms with Gasteiger partial charge in [-0.25, -0.2) is 4.79 Å². The number of aromatic nitrogens is 2. The van der Waals surface area contributed by atoms with Crippen molar-refractivity contribution in [1.29, 1.82) is 0 Å². The Morgan fingerprint density at radius 2 is 2.05 bits per heavy atom. The molecule has 0 bridgehead atoms. The van der Waals surface area contributed by atoms with Crippen molar-refractivity contribution in [1.82, 2.24) is 15.5 Å². The van der Waals surface area contributed by atoms with Crippen LogP contribution in [0.15, 0.2) is 36.5 Å². The summed E-state index contributed by atoms with van der Waals surface area (Å²) in [6, 6.07) is 8.36. The number of hydrogen-bond donors (Lipinski definition) is 3. The number of carboxylic acids is 1. The molecule has 0 saturated carbocycles. The second-order valence-corrected chi connectivity index (χ2v) is 4.30. The number of carboxylic acid groups (broad SMARTS) is 1. The maximum Gasteiger partial charge on any atom is 0.326 e. The molecular formula is C14H15N3O3. The van der Waals surface area contributed by atoms with E-state index in [1.165, 1.54) is 6.20 Å². The highest BCUT2D eigenvalue weighted by Gasteiger charge is 2.21. The van der Waals surface area contributed by atoms with Gasteiger partial charge in [-0.3, -0.25) is 9.89 Å². The average molecular weight is 273 g/mol. The topological polar surface area (TPSA) is 95.1 Å². The predicted molar refractivity (Wildman–Crippen MR) is 73.2 cm³/mol. The van der Waals surface area contributed by atoms with Gasteiger partial charge in [0.25, 0.3) is 5.91 Å². The summed E-state index contributed by atoms with van der Waals surface area (Å²) in [4.78, 5) is 23.1. The maximum atomic E-state index is 12.1. The third-order valence-corrected chi connectivity index (χ3v) is 2.96. The third kappa shape index (κ3) is 2.85. The first-order valence-corrected chi connectivity index (χ1v) is 6.26. The van der Waals surface area contributed by atoms with Crippen molar-refractivity contribution >= 4 is 11.9 Å². The van der Waals surface area contributed by atoms with Crippen LogP contribution in [0.1, 0.15) is 23.7 Å². The summed E-state index contributed by atoms with van der Waals surface area (Å²) in [6.45, 7) is 1.70. The van der Waals surface area contributed by atoms with E-state index in [1.807, 2.05) is 30.3 Å². The van der Waals surface area contributed by atoms with Gasteiger partial charge in [-0.05, 0) is 6.42 Å². The van der Waals surface area contributed by atoms with Crippen LogP contribution in [0.5, 0.6) is 0 Å². The van der Waals surface area contributed by atoms with Gasteiger partial charge in [0.05, 0.1) is 17.5 Å². The van der Waals surface area contributed by atoms with Gasteiger partial charge < -0.3 is 10.4 Å². The summed E-state index contributed by atoms with van der Waals surface area (Å²) in [7, 11) is 0. The molecule has 0 saturated heterocycles. The largest absolute Gasteiger partial charge is 0.480 e. The maximum absolute atomic E-state index is 12.1. The average Bonchev–Trinajstić information content (AvgIpc) is 2.94. The number of aromatic amines is 1. The van der Waals surface area contributed by atoms with Gasteiger partial charge in [0.1, 0.15) is 6.04 Å². The Labute approximate surface area is 115 Å². The molecule has 1 atom stereocenters. The second kappa shape index (κ2) is 6.01. The number of carbonyl (C=O) groups excluding carboxylic acids is 1. The van der Waals surface area contributed by atoms with Crippen molar-refractivity contribution in [3.05, 3.63) is 42.1 Å². The van der Waals surface area contributed by atoms with Crippen LogP contribution in [0, 0.1) is 0 Å². The first kappa shape index (κ1) is 13.8. The standard InChI is InChI=1S/C14H15N3O3/c1-2-11(14(19)20)16-13(18)10-8-15-17-12(10)9-6-4-3-5-7-9/h3-8,11H,2H2,1H3,(H,15,17)(H,16,18)(H,19,20)/t11-/m1/s1. The molecule has 0 aliphatic rings. The number of amides is 1. The first-order valence-electron chi connectivity index (χ1n) is 6.26. The van der Waals surface area contributed by atoms with E-state index < -0.39 is 17.9 Å². The number of nitrogens with one attached hydrogen (secondary N) is 2. The van der Waals surface area contributed by atoms with E-state index in [1.54, 1.807) is 6.92 Å². The zero-order chi connectivity index (χ0) is 14.5. The van der Waals surface area contributed by atoms with E-state index in [0.717, 1.165) is 5.56 Å². The van der Waals surface area contributed by atoms with Crippen LogP contribution in [0.4, 0.5) is 0 Å². The van der Waals surface area contributed by atoms with Crippen LogP contribution >= 0.6 is 0 Å². The lowest BCUT2D eigenvalue weighted by Gasteiger charge is -2.12. The Bertz CT molecular complexity index is 607. The van der Waals surface area contributed by atoms with Gasteiger partial charge in [-0.2, -0.15) is 5.10 Å². The summed E-state index contributed by atoms with van der Waals surface area (Å²) < 4.78 is 0. The number of benzene rings is 1. The molecule has 2 rings (SSSR count). The van der Waals surface area contributed by atoms with Gasteiger partial charge in [-0.15, -0.1) is 0 Å². The van der Waals surface area contributed by atoms with E-state index in [4.69, 9.17) is 5.11 Å².